The Morgan fingerprint density at radius 3 is 1.82 bits per heavy atom. The Bertz CT molecular complexity index is 444. The number of hydrogen-bond acceptors (Lipinski definition) is 1. The van der Waals surface area contributed by atoms with E-state index in [1.54, 1.807) is 0 Å². The van der Waals surface area contributed by atoms with Gasteiger partial charge in [-0.3, -0.25) is 4.79 Å². The number of carbonyl (C=O) groups is 1. The zero-order chi connectivity index (χ0) is 13.4. The van der Waals surface area contributed by atoms with Gasteiger partial charge in [0, 0.05) is 16.7 Å². The third kappa shape index (κ3) is 4.21. The first-order chi connectivity index (χ1) is 7.53. The fourth-order valence-electron chi connectivity index (χ4n) is 1.13. The molecule has 0 saturated carbocycles. The maximum atomic E-state index is 11.2. The van der Waals surface area contributed by atoms with Crippen molar-refractivity contribution < 1.29 is 4.79 Å². The molecule has 0 spiro atoms. The molecule has 0 aromatic heterocycles. The van der Waals surface area contributed by atoms with Crippen molar-refractivity contribution in [3.8, 4) is 0 Å². The summed E-state index contributed by atoms with van der Waals surface area (Å²) in [5.74, 6) is 0. The van der Waals surface area contributed by atoms with E-state index in [0.29, 0.717) is 0 Å². The van der Waals surface area contributed by atoms with Crippen molar-refractivity contribution in [1.29, 1.82) is 0 Å². The zero-order valence-corrected chi connectivity index (χ0v) is 13.1. The Balaban J connectivity index is 3.46. The van der Waals surface area contributed by atoms with Gasteiger partial charge >= 0.3 is 0 Å². The molecule has 0 bridgehead atoms. The van der Waals surface area contributed by atoms with Gasteiger partial charge in [-0.05, 0) is 23.7 Å². The molecule has 0 aliphatic heterocycles. The average Bonchev–Trinajstić information content (AvgIpc) is 2.14. The van der Waals surface area contributed by atoms with Crippen LogP contribution in [0.15, 0.2) is 18.2 Å². The molecule has 17 heavy (non-hydrogen) atoms. The predicted molar refractivity (Wildman–Crippen MR) is 75.1 cm³/mol. The van der Waals surface area contributed by atoms with Crippen molar-refractivity contribution in [2.75, 3.05) is 0 Å². The van der Waals surface area contributed by atoms with E-state index in [4.69, 9.17) is 81.2 Å². The number of rotatable bonds is 1. The maximum Gasteiger partial charge on any atom is 0.252 e. The largest absolute Gasteiger partial charge is 0.276 e. The highest BCUT2D eigenvalue weighted by molar-refractivity contribution is 6.70. The highest BCUT2D eigenvalue weighted by atomic mass is 35.6. The van der Waals surface area contributed by atoms with Gasteiger partial charge in [-0.1, -0.05) is 75.7 Å². The summed E-state index contributed by atoms with van der Waals surface area (Å²) in [5.41, 5.74) is 0.376. The van der Waals surface area contributed by atoms with Crippen molar-refractivity contribution in [1.82, 2.24) is 0 Å². The molecule has 0 aliphatic rings. The Morgan fingerprint density at radius 1 is 0.941 bits per heavy atom. The lowest BCUT2D eigenvalue weighted by Crippen LogP contribution is -2.11. The van der Waals surface area contributed by atoms with Crippen molar-refractivity contribution in [3.63, 3.8) is 0 Å². The lowest BCUT2D eigenvalue weighted by atomic mass is 10.1. The molecule has 1 aromatic rings. The molecule has 0 saturated heterocycles. The fourth-order valence-corrected chi connectivity index (χ4v) is 2.11. The molecular formula is C9H3Cl7O. The lowest BCUT2D eigenvalue weighted by molar-refractivity contribution is 0.108. The summed E-state index contributed by atoms with van der Waals surface area (Å²) in [6, 6.07) is 4.07. The van der Waals surface area contributed by atoms with Crippen LogP contribution in [0.1, 0.15) is 21.5 Å². The van der Waals surface area contributed by atoms with Crippen molar-refractivity contribution in [3.05, 3.63) is 34.9 Å². The fraction of sp³-hybridized carbons (Fsp3) is 0.222. The average molecular weight is 375 g/mol. The van der Waals surface area contributed by atoms with Crippen molar-refractivity contribution in [2.24, 2.45) is 0 Å². The number of carbonyl (C=O) groups excluding carboxylic acids is 1. The summed E-state index contributed by atoms with van der Waals surface area (Å²) in [4.78, 5) is 11.2. The Labute approximate surface area is 133 Å². The number of alkyl halides is 6. The second-order valence-electron chi connectivity index (χ2n) is 3.03. The van der Waals surface area contributed by atoms with E-state index in [1.807, 2.05) is 0 Å². The lowest BCUT2D eigenvalue weighted by Gasteiger charge is -2.18. The molecule has 0 atom stereocenters. The topological polar surface area (TPSA) is 17.1 Å². The van der Waals surface area contributed by atoms with E-state index in [9.17, 15) is 4.79 Å². The second-order valence-corrected chi connectivity index (χ2v) is 7.94. The van der Waals surface area contributed by atoms with Crippen LogP contribution in [0.5, 0.6) is 0 Å². The van der Waals surface area contributed by atoms with E-state index in [2.05, 4.69) is 0 Å². The highest BCUT2D eigenvalue weighted by Crippen LogP contribution is 2.44. The first-order valence-electron chi connectivity index (χ1n) is 4.02. The molecule has 94 valence electrons. The Morgan fingerprint density at radius 2 is 1.47 bits per heavy atom. The molecule has 0 fully saturated rings. The summed E-state index contributed by atoms with van der Waals surface area (Å²) < 4.78 is -3.52. The van der Waals surface area contributed by atoms with Crippen LogP contribution in [-0.2, 0) is 7.59 Å². The molecule has 0 unspecified atom stereocenters. The van der Waals surface area contributed by atoms with E-state index in [1.165, 1.54) is 18.2 Å². The predicted octanol–water partition coefficient (Wildman–Crippen LogP) is 5.72. The molecule has 8 heteroatoms. The zero-order valence-electron chi connectivity index (χ0n) is 7.79. The number of hydrogen-bond donors (Lipinski definition) is 0. The van der Waals surface area contributed by atoms with E-state index in [0.717, 1.165) is 0 Å². The Kier molecular flexibility index (Phi) is 5.17. The number of halogens is 7. The van der Waals surface area contributed by atoms with Gasteiger partial charge in [-0.25, -0.2) is 0 Å². The van der Waals surface area contributed by atoms with Crippen molar-refractivity contribution in [2.45, 2.75) is 7.59 Å². The summed E-state index contributed by atoms with van der Waals surface area (Å²) >= 11 is 39.6. The first-order valence-corrected chi connectivity index (χ1v) is 6.66. The monoisotopic (exact) mass is 372 g/mol. The summed E-state index contributed by atoms with van der Waals surface area (Å²) in [6.45, 7) is 0. The van der Waals surface area contributed by atoms with Gasteiger partial charge in [0.15, 0.2) is 0 Å². The quantitative estimate of drug-likeness (QED) is 0.453. The van der Waals surface area contributed by atoms with Gasteiger partial charge in [0.2, 0.25) is 7.59 Å². The van der Waals surface area contributed by atoms with Gasteiger partial charge in [0.25, 0.3) is 5.24 Å². The molecular weight excluding hydrogens is 372 g/mol. The third-order valence-electron chi connectivity index (χ3n) is 1.86. The normalized spacial score (nSPS) is 12.6. The van der Waals surface area contributed by atoms with Gasteiger partial charge in [0.1, 0.15) is 0 Å². The smallest absolute Gasteiger partial charge is 0.252 e. The minimum Gasteiger partial charge on any atom is -0.276 e. The van der Waals surface area contributed by atoms with E-state index >= 15 is 0 Å². The van der Waals surface area contributed by atoms with Crippen LogP contribution >= 0.6 is 81.2 Å². The summed E-state index contributed by atoms with van der Waals surface area (Å²) in [6.07, 6.45) is 0. The van der Waals surface area contributed by atoms with Crippen LogP contribution in [-0.4, -0.2) is 5.24 Å². The van der Waals surface area contributed by atoms with Crippen LogP contribution in [0.2, 0.25) is 0 Å². The molecule has 0 aliphatic carbocycles. The van der Waals surface area contributed by atoms with Gasteiger partial charge < -0.3 is 0 Å². The van der Waals surface area contributed by atoms with Gasteiger partial charge in [-0.15, -0.1) is 0 Å². The van der Waals surface area contributed by atoms with Crippen LogP contribution in [0.3, 0.4) is 0 Å². The van der Waals surface area contributed by atoms with Gasteiger partial charge in [-0.2, -0.15) is 0 Å². The molecule has 1 aromatic carbocycles. The van der Waals surface area contributed by atoms with Crippen LogP contribution in [0, 0.1) is 0 Å². The SMILES string of the molecule is O=C(Cl)c1ccc(C(Cl)(Cl)Cl)cc1C(Cl)(Cl)Cl. The minimum atomic E-state index is -1.84. The molecule has 1 rings (SSSR count). The Hall–Kier alpha value is 0.920. The number of benzene rings is 1. The third-order valence-corrected chi connectivity index (χ3v) is 3.33. The summed E-state index contributed by atoms with van der Waals surface area (Å²) in [7, 11) is 0. The molecule has 0 N–H and O–H groups in total. The van der Waals surface area contributed by atoms with Crippen LogP contribution < -0.4 is 0 Å². The van der Waals surface area contributed by atoms with E-state index in [-0.39, 0.29) is 16.7 Å². The van der Waals surface area contributed by atoms with E-state index < -0.39 is 12.8 Å². The molecule has 1 nitrogen and oxygen atoms in total. The second kappa shape index (κ2) is 5.50. The molecule has 0 radical (unpaired) electrons. The standard InChI is InChI=1S/C9H3Cl7O/c10-7(17)5-2-1-4(8(11,12)13)3-6(5)9(14,15)16/h1-3H. The highest BCUT2D eigenvalue weighted by Gasteiger charge is 2.32. The molecule has 0 amide bonds. The van der Waals surface area contributed by atoms with Crippen LogP contribution in [0.25, 0.3) is 0 Å². The van der Waals surface area contributed by atoms with Gasteiger partial charge in [0.05, 0.1) is 0 Å². The van der Waals surface area contributed by atoms with Crippen molar-refractivity contribution >= 4 is 86.4 Å². The summed E-state index contributed by atoms with van der Waals surface area (Å²) in [5, 5.41) is -0.762. The minimum absolute atomic E-state index is 0.0460. The molecule has 0 heterocycles. The first kappa shape index (κ1) is 16.0. The van der Waals surface area contributed by atoms with Crippen LogP contribution in [0.4, 0.5) is 0 Å². The maximum absolute atomic E-state index is 11.2.